The number of nitrogens with one attached hydrogen (secondary N) is 1. The maximum Gasteiger partial charge on any atom is 0.302 e. The highest BCUT2D eigenvalue weighted by Gasteiger charge is 2.60. The molecule has 3 atom stereocenters. The van der Waals surface area contributed by atoms with Gasteiger partial charge in [0.15, 0.2) is 5.69 Å². The lowest BCUT2D eigenvalue weighted by Crippen LogP contribution is -2.74. The maximum atomic E-state index is 13.6. The van der Waals surface area contributed by atoms with E-state index in [0.717, 1.165) is 6.92 Å². The van der Waals surface area contributed by atoms with Gasteiger partial charge >= 0.3 is 5.97 Å². The number of nitrogens with two attached hydrogens (primary N) is 1. The molecule has 39 heavy (non-hydrogen) atoms. The van der Waals surface area contributed by atoms with Crippen LogP contribution in [-0.4, -0.2) is 91.7 Å². The smallest absolute Gasteiger partial charge is 0.302 e. The number of β-lactam (4-membered cyclic amide) rings is 1. The van der Waals surface area contributed by atoms with Gasteiger partial charge < -0.3 is 25.6 Å². The van der Waals surface area contributed by atoms with Crippen molar-refractivity contribution >= 4 is 29.6 Å². The van der Waals surface area contributed by atoms with Crippen molar-refractivity contribution in [2.45, 2.75) is 57.8 Å². The van der Waals surface area contributed by atoms with Crippen LogP contribution in [0.25, 0.3) is 0 Å². The van der Waals surface area contributed by atoms with Gasteiger partial charge in [0.2, 0.25) is 11.8 Å². The second-order valence-electron chi connectivity index (χ2n) is 9.83. The maximum absolute atomic E-state index is 13.6. The summed E-state index contributed by atoms with van der Waals surface area (Å²) >= 11 is 0. The molecule has 208 valence electrons. The zero-order chi connectivity index (χ0) is 28.5. The van der Waals surface area contributed by atoms with Gasteiger partial charge in [-0.1, -0.05) is 17.3 Å². The Hall–Kier alpha value is -4.36. The fourth-order valence-electron chi connectivity index (χ4n) is 5.13. The molecule has 4 amide bonds. The van der Waals surface area contributed by atoms with Crippen LogP contribution in [0.3, 0.4) is 0 Å². The SMILES string of the molecule is CC(=O)OC(C)C(NC(=O)CN1CC2(CCCN2C(=O)c2nnn(Cc3cccc(F)c3)c2C)C1=O)C(N)=O. The monoisotopic (exact) mass is 543 g/mol. The fraction of sp³-hybridized carbons (Fsp3) is 0.480. The van der Waals surface area contributed by atoms with Gasteiger partial charge in [0.05, 0.1) is 25.3 Å². The first kappa shape index (κ1) is 27.7. The lowest BCUT2D eigenvalue weighted by atomic mass is 9.85. The summed E-state index contributed by atoms with van der Waals surface area (Å²) in [6, 6.07) is 4.76. The number of primary amides is 1. The number of esters is 1. The number of nitrogens with zero attached hydrogens (tertiary/aromatic N) is 5. The number of amides is 4. The molecule has 1 aromatic heterocycles. The summed E-state index contributed by atoms with van der Waals surface area (Å²) in [6.45, 7) is 4.59. The molecule has 3 unspecified atom stereocenters. The zero-order valence-corrected chi connectivity index (χ0v) is 21.8. The van der Waals surface area contributed by atoms with Gasteiger partial charge in [-0.3, -0.25) is 24.0 Å². The molecule has 0 bridgehead atoms. The van der Waals surface area contributed by atoms with Crippen molar-refractivity contribution < 1.29 is 33.1 Å². The fourth-order valence-corrected chi connectivity index (χ4v) is 5.13. The molecule has 3 heterocycles. The molecule has 2 aromatic rings. The number of halogens is 1. The van der Waals surface area contributed by atoms with E-state index in [9.17, 15) is 28.4 Å². The van der Waals surface area contributed by atoms with E-state index in [1.165, 1.54) is 33.5 Å². The molecule has 14 heteroatoms. The first-order valence-corrected chi connectivity index (χ1v) is 12.4. The van der Waals surface area contributed by atoms with E-state index in [1.54, 1.807) is 19.1 Å². The van der Waals surface area contributed by atoms with Gasteiger partial charge in [-0.15, -0.1) is 5.10 Å². The highest BCUT2D eigenvalue weighted by molar-refractivity contribution is 6.03. The summed E-state index contributed by atoms with van der Waals surface area (Å²) in [5.41, 5.74) is 5.47. The molecule has 0 radical (unpaired) electrons. The number of benzene rings is 1. The average molecular weight is 544 g/mol. The summed E-state index contributed by atoms with van der Waals surface area (Å²) in [7, 11) is 0. The molecule has 2 saturated heterocycles. The minimum atomic E-state index is -1.27. The van der Waals surface area contributed by atoms with E-state index < -0.39 is 47.3 Å². The number of hydrogen-bond donors (Lipinski definition) is 2. The Morgan fingerprint density at radius 2 is 2.03 bits per heavy atom. The molecule has 3 N–H and O–H groups in total. The lowest BCUT2D eigenvalue weighted by molar-refractivity contribution is -0.161. The number of carbonyl (C=O) groups is 5. The van der Waals surface area contributed by atoms with E-state index in [0.29, 0.717) is 30.6 Å². The Morgan fingerprint density at radius 3 is 2.67 bits per heavy atom. The third kappa shape index (κ3) is 5.45. The minimum absolute atomic E-state index is 0.0976. The summed E-state index contributed by atoms with van der Waals surface area (Å²) in [6.07, 6.45) is 0.0277. The summed E-state index contributed by atoms with van der Waals surface area (Å²) < 4.78 is 20.0. The van der Waals surface area contributed by atoms with Crippen molar-refractivity contribution in [1.29, 1.82) is 0 Å². The van der Waals surface area contributed by atoms with Gasteiger partial charge in [0.1, 0.15) is 23.5 Å². The van der Waals surface area contributed by atoms with E-state index >= 15 is 0 Å². The normalized spacial score (nSPS) is 19.9. The van der Waals surface area contributed by atoms with Gasteiger partial charge in [0, 0.05) is 13.5 Å². The molecule has 4 rings (SSSR count). The Labute approximate surface area is 223 Å². The standard InChI is InChI=1S/C25H30FN7O6/c1-14-20(29-30-33(14)11-17-6-4-7-18(26)10-17)23(37)32-9-5-8-25(32)13-31(24(25)38)12-19(35)28-21(22(27)36)15(2)39-16(3)34/h4,6-7,10,15,21H,5,8-9,11-13H2,1-3H3,(H2,27,36)(H,28,35). The van der Waals surface area contributed by atoms with Crippen LogP contribution in [0, 0.1) is 12.7 Å². The Balaban J connectivity index is 1.41. The molecule has 2 aliphatic heterocycles. The van der Waals surface area contributed by atoms with E-state index in [4.69, 9.17) is 10.5 Å². The van der Waals surface area contributed by atoms with Crippen LogP contribution in [0.4, 0.5) is 4.39 Å². The van der Waals surface area contributed by atoms with E-state index in [1.807, 2.05) is 0 Å². The molecule has 2 aliphatic rings. The predicted octanol–water partition coefficient (Wildman–Crippen LogP) is -0.487. The van der Waals surface area contributed by atoms with Crippen molar-refractivity contribution in [2.24, 2.45) is 5.73 Å². The first-order valence-electron chi connectivity index (χ1n) is 12.4. The third-order valence-electron chi connectivity index (χ3n) is 7.06. The first-order chi connectivity index (χ1) is 18.4. The van der Waals surface area contributed by atoms with Crippen LogP contribution in [0.1, 0.15) is 48.4 Å². The van der Waals surface area contributed by atoms with Crippen molar-refractivity contribution in [3.63, 3.8) is 0 Å². The van der Waals surface area contributed by atoms with Gasteiger partial charge in [-0.05, 0) is 44.4 Å². The van der Waals surface area contributed by atoms with Crippen molar-refractivity contribution in [2.75, 3.05) is 19.6 Å². The van der Waals surface area contributed by atoms with Crippen LogP contribution in [0.15, 0.2) is 24.3 Å². The van der Waals surface area contributed by atoms with Crippen molar-refractivity contribution in [3.8, 4) is 0 Å². The van der Waals surface area contributed by atoms with Gasteiger partial charge in [0.25, 0.3) is 11.8 Å². The number of aromatic nitrogens is 3. The van der Waals surface area contributed by atoms with Crippen LogP contribution < -0.4 is 11.1 Å². The number of hydrogen-bond acceptors (Lipinski definition) is 8. The Morgan fingerprint density at radius 1 is 1.28 bits per heavy atom. The number of likely N-dealkylation sites (tertiary alicyclic amines) is 2. The topological polar surface area (TPSA) is 170 Å². The molecule has 0 saturated carbocycles. The van der Waals surface area contributed by atoms with Crippen LogP contribution in [-0.2, 0) is 30.5 Å². The Bertz CT molecular complexity index is 1330. The number of carbonyl (C=O) groups excluding carboxylic acids is 5. The average Bonchev–Trinajstić information content (AvgIpc) is 3.46. The second-order valence-corrected chi connectivity index (χ2v) is 9.83. The van der Waals surface area contributed by atoms with Crippen LogP contribution in [0.2, 0.25) is 0 Å². The van der Waals surface area contributed by atoms with Crippen LogP contribution in [0.5, 0.6) is 0 Å². The molecular weight excluding hydrogens is 513 g/mol. The molecule has 13 nitrogen and oxygen atoms in total. The molecule has 2 fully saturated rings. The van der Waals surface area contributed by atoms with E-state index in [2.05, 4.69) is 15.6 Å². The largest absolute Gasteiger partial charge is 0.460 e. The highest BCUT2D eigenvalue weighted by Crippen LogP contribution is 2.39. The molecular formula is C25H30FN7O6. The third-order valence-corrected chi connectivity index (χ3v) is 7.06. The minimum Gasteiger partial charge on any atom is -0.460 e. The van der Waals surface area contributed by atoms with Crippen molar-refractivity contribution in [1.82, 2.24) is 30.1 Å². The number of rotatable bonds is 9. The second kappa shape index (κ2) is 10.8. The number of ether oxygens (including phenoxy) is 1. The van der Waals surface area contributed by atoms with Crippen LogP contribution >= 0.6 is 0 Å². The quantitative estimate of drug-likeness (QED) is 0.315. The highest BCUT2D eigenvalue weighted by atomic mass is 19.1. The van der Waals surface area contributed by atoms with E-state index in [-0.39, 0.29) is 31.1 Å². The van der Waals surface area contributed by atoms with Gasteiger partial charge in [-0.25, -0.2) is 9.07 Å². The zero-order valence-electron chi connectivity index (χ0n) is 21.8. The Kier molecular flexibility index (Phi) is 7.65. The summed E-state index contributed by atoms with van der Waals surface area (Å²) in [5.74, 6) is -3.41. The predicted molar refractivity (Wildman–Crippen MR) is 132 cm³/mol. The molecule has 0 aliphatic carbocycles. The van der Waals surface area contributed by atoms with Crippen molar-refractivity contribution in [3.05, 3.63) is 47.0 Å². The summed E-state index contributed by atoms with van der Waals surface area (Å²) in [5, 5.41) is 10.5. The summed E-state index contributed by atoms with van der Waals surface area (Å²) in [4.78, 5) is 65.0. The lowest BCUT2D eigenvalue weighted by Gasteiger charge is -2.50. The van der Waals surface area contributed by atoms with Gasteiger partial charge in [-0.2, -0.15) is 0 Å². The molecule has 1 aromatic carbocycles. The molecule has 1 spiro atoms.